The number of benzene rings is 5. The van der Waals surface area contributed by atoms with Crippen molar-refractivity contribution in [2.45, 2.75) is 0 Å². The van der Waals surface area contributed by atoms with E-state index in [2.05, 4.69) is 0 Å². The molecule has 0 aliphatic rings. The van der Waals surface area contributed by atoms with Crippen LogP contribution in [0.15, 0.2) is 152 Å². The van der Waals surface area contributed by atoms with Gasteiger partial charge in [0.15, 0.2) is 0 Å². The van der Waals surface area contributed by atoms with Crippen molar-refractivity contribution in [2.24, 2.45) is 0 Å². The molecule has 5 aromatic carbocycles. The van der Waals surface area contributed by atoms with E-state index in [-0.39, 0.29) is 51.1 Å². The van der Waals surface area contributed by atoms with Crippen LogP contribution in [-0.2, 0) is 22.4 Å². The van der Waals surface area contributed by atoms with Crippen molar-refractivity contribution < 1.29 is 47.9 Å². The van der Waals surface area contributed by atoms with Crippen LogP contribution in [0, 0.1) is 0 Å². The summed E-state index contributed by atoms with van der Waals surface area (Å²) in [5, 5.41) is 51.3. The van der Waals surface area contributed by atoms with E-state index in [4.69, 9.17) is 0 Å². The van der Waals surface area contributed by atoms with Gasteiger partial charge in [0, 0.05) is 0 Å². The van der Waals surface area contributed by atoms with E-state index in [0.29, 0.717) is 0 Å². The van der Waals surface area contributed by atoms with Gasteiger partial charge in [0.2, 0.25) is 0 Å². The maximum absolute atomic E-state index is 10.3. The van der Waals surface area contributed by atoms with E-state index in [0.717, 1.165) is 0 Å². The molecule has 0 saturated heterocycles. The third-order valence-electron chi connectivity index (χ3n) is 3.72. The van der Waals surface area contributed by atoms with Crippen LogP contribution in [-0.4, -0.2) is 0 Å². The van der Waals surface area contributed by atoms with Crippen LogP contribution in [0.2, 0.25) is 0 Å². The molecule has 5 nitrogen and oxygen atoms in total. The number of para-hydroxylation sites is 5. The molecule has 0 aromatic heterocycles. The van der Waals surface area contributed by atoms with Gasteiger partial charge in [0.25, 0.3) is 0 Å². The standard InChI is InChI=1S/5C6H6O.Ta/c5*7-6-4-2-1-3-5-6;/h5*1-5,7H;/q;;;;;+5/p-5. The average Bonchev–Trinajstić information content (AvgIpc) is 2.88. The summed E-state index contributed by atoms with van der Waals surface area (Å²) in [6.07, 6.45) is 0. The fourth-order valence-electron chi connectivity index (χ4n) is 2.10. The van der Waals surface area contributed by atoms with Crippen LogP contribution in [0.5, 0.6) is 28.7 Å². The third-order valence-corrected chi connectivity index (χ3v) is 3.72. The summed E-state index contributed by atoms with van der Waals surface area (Å²) in [6, 6.07) is 41.6. The molecule has 6 heteroatoms. The Morgan fingerprint density at radius 1 is 0.222 bits per heavy atom. The Balaban J connectivity index is 0.000000422. The van der Waals surface area contributed by atoms with E-state index in [1.165, 1.54) is 60.7 Å². The van der Waals surface area contributed by atoms with Crippen molar-refractivity contribution in [3.05, 3.63) is 152 Å². The van der Waals surface area contributed by atoms with E-state index >= 15 is 0 Å². The molecule has 5 aromatic rings. The molecule has 180 valence electrons. The summed E-state index contributed by atoms with van der Waals surface area (Å²) in [5.74, 6) is 0.359. The molecule has 0 N–H and O–H groups in total. The quantitative estimate of drug-likeness (QED) is 0.254. The molecule has 0 aliphatic carbocycles. The zero-order chi connectivity index (χ0) is 25.6. The van der Waals surface area contributed by atoms with Gasteiger partial charge in [-0.25, -0.2) is 0 Å². The molecule has 0 aliphatic heterocycles. The fourth-order valence-corrected chi connectivity index (χ4v) is 2.10. The fraction of sp³-hybridized carbons (Fsp3) is 0. The van der Waals surface area contributed by atoms with Gasteiger partial charge < -0.3 is 25.5 Å². The smallest absolute Gasteiger partial charge is 0.872 e. The molecular formula is C30H25O5Ta. The van der Waals surface area contributed by atoms with Gasteiger partial charge in [0.05, 0.1) is 0 Å². The minimum Gasteiger partial charge on any atom is -0.872 e. The molecule has 0 atom stereocenters. The molecule has 0 amide bonds. The second kappa shape index (κ2) is 21.4. The number of hydrogen-bond acceptors (Lipinski definition) is 5. The van der Waals surface area contributed by atoms with E-state index in [1.807, 2.05) is 30.3 Å². The van der Waals surface area contributed by atoms with E-state index < -0.39 is 0 Å². The Hall–Kier alpha value is -4.16. The molecule has 36 heavy (non-hydrogen) atoms. The molecule has 0 radical (unpaired) electrons. The molecule has 0 saturated carbocycles. The summed E-state index contributed by atoms with van der Waals surface area (Å²) in [5.41, 5.74) is 0. The Bertz CT molecular complexity index is 895. The average molecular weight is 646 g/mol. The Labute approximate surface area is 227 Å². The maximum atomic E-state index is 10.3. The molecule has 0 heterocycles. The second-order valence-corrected chi connectivity index (χ2v) is 6.57. The van der Waals surface area contributed by atoms with Gasteiger partial charge in [-0.1, -0.05) is 152 Å². The van der Waals surface area contributed by atoms with Gasteiger partial charge in [0.1, 0.15) is 0 Å². The maximum Gasteiger partial charge on any atom is 5.00 e. The van der Waals surface area contributed by atoms with Crippen molar-refractivity contribution in [1.82, 2.24) is 0 Å². The first-order valence-corrected chi connectivity index (χ1v) is 10.6. The molecule has 0 unspecified atom stereocenters. The van der Waals surface area contributed by atoms with Crippen molar-refractivity contribution in [3.63, 3.8) is 0 Å². The minimum atomic E-state index is 0. The van der Waals surface area contributed by atoms with Crippen molar-refractivity contribution in [1.29, 1.82) is 0 Å². The Morgan fingerprint density at radius 3 is 0.389 bits per heavy atom. The van der Waals surface area contributed by atoms with Crippen LogP contribution in [0.3, 0.4) is 0 Å². The van der Waals surface area contributed by atoms with Crippen LogP contribution < -0.4 is 25.5 Å². The zero-order valence-electron chi connectivity index (χ0n) is 19.4. The Kier molecular flexibility index (Phi) is 18.9. The molecule has 0 fully saturated rings. The third kappa shape index (κ3) is 19.3. The van der Waals surface area contributed by atoms with Crippen molar-refractivity contribution in [2.75, 3.05) is 0 Å². The summed E-state index contributed by atoms with van der Waals surface area (Å²) in [4.78, 5) is 0. The van der Waals surface area contributed by atoms with Crippen LogP contribution >= 0.6 is 0 Å². The Morgan fingerprint density at radius 2 is 0.333 bits per heavy atom. The topological polar surface area (TPSA) is 115 Å². The molecule has 0 bridgehead atoms. The van der Waals surface area contributed by atoms with Crippen LogP contribution in [0.4, 0.5) is 0 Å². The van der Waals surface area contributed by atoms with E-state index in [1.54, 1.807) is 60.7 Å². The minimum absolute atomic E-state index is 0. The summed E-state index contributed by atoms with van der Waals surface area (Å²) < 4.78 is 0. The van der Waals surface area contributed by atoms with Crippen molar-refractivity contribution >= 4 is 0 Å². The van der Waals surface area contributed by atoms with Gasteiger partial charge in [-0.3, -0.25) is 0 Å². The van der Waals surface area contributed by atoms with Crippen LogP contribution in [0.1, 0.15) is 0 Å². The van der Waals surface area contributed by atoms with Gasteiger partial charge >= 0.3 is 22.4 Å². The predicted molar refractivity (Wildman–Crippen MR) is 129 cm³/mol. The van der Waals surface area contributed by atoms with Gasteiger partial charge in [-0.15, -0.1) is 28.7 Å². The predicted octanol–water partition coefficient (Wildman–Crippen LogP) is 3.80. The zero-order valence-corrected chi connectivity index (χ0v) is 22.6. The SMILES string of the molecule is [O-]c1ccccc1.[O-]c1ccccc1.[O-]c1ccccc1.[O-]c1ccccc1.[O-]c1ccccc1.[Ta+5]. The summed E-state index contributed by atoms with van der Waals surface area (Å²) in [7, 11) is 0. The van der Waals surface area contributed by atoms with Gasteiger partial charge in [-0.2, -0.15) is 0 Å². The first-order valence-electron chi connectivity index (χ1n) is 10.6. The normalized spacial score (nSPS) is 8.33. The number of hydrogen-bond donors (Lipinski definition) is 0. The molecule has 0 spiro atoms. The molecular weight excluding hydrogens is 621 g/mol. The van der Waals surface area contributed by atoms with Crippen molar-refractivity contribution in [3.8, 4) is 28.7 Å². The number of rotatable bonds is 0. The largest absolute Gasteiger partial charge is 5.00 e. The summed E-state index contributed by atoms with van der Waals surface area (Å²) in [6.45, 7) is 0. The molecule has 5 rings (SSSR count). The second-order valence-electron chi connectivity index (χ2n) is 6.57. The first kappa shape index (κ1) is 31.8. The van der Waals surface area contributed by atoms with Crippen LogP contribution in [0.25, 0.3) is 0 Å². The van der Waals surface area contributed by atoms with Gasteiger partial charge in [-0.05, 0) is 0 Å². The van der Waals surface area contributed by atoms with E-state index in [9.17, 15) is 25.5 Å². The monoisotopic (exact) mass is 646 g/mol. The first-order chi connectivity index (χ1) is 17.0. The summed E-state index contributed by atoms with van der Waals surface area (Å²) >= 11 is 0.